The fraction of sp³-hybridized carbons (Fsp3) is 0. The smallest absolute Gasteiger partial charge is 0.255 e. The van der Waals surface area contributed by atoms with Crippen LogP contribution in [0, 0.1) is 0 Å². The predicted molar refractivity (Wildman–Crippen MR) is 91.2 cm³/mol. The maximum absolute atomic E-state index is 12.3. The summed E-state index contributed by atoms with van der Waals surface area (Å²) in [6, 6.07) is 18.4. The summed E-state index contributed by atoms with van der Waals surface area (Å²) in [5, 5.41) is 6.05. The molecule has 0 radical (unpaired) electrons. The van der Waals surface area contributed by atoms with Crippen molar-refractivity contribution in [3.05, 3.63) is 77.7 Å². The number of nitrogens with one attached hydrogen (secondary N) is 2. The van der Waals surface area contributed by atoms with E-state index in [0.717, 1.165) is 5.69 Å². The van der Waals surface area contributed by atoms with Crippen LogP contribution in [0.3, 0.4) is 0 Å². The van der Waals surface area contributed by atoms with Crippen molar-refractivity contribution in [3.63, 3.8) is 0 Å². The highest BCUT2D eigenvalue weighted by Crippen LogP contribution is 2.29. The molecule has 0 spiro atoms. The minimum absolute atomic E-state index is 0.169. The highest BCUT2D eigenvalue weighted by molar-refractivity contribution is 6.33. The number of benzene rings is 2. The quantitative estimate of drug-likeness (QED) is 0.708. The highest BCUT2D eigenvalue weighted by atomic mass is 35.5. The zero-order chi connectivity index (χ0) is 16.1. The number of nitrogens with zero attached hydrogens (tertiary/aromatic N) is 2. The van der Waals surface area contributed by atoms with Gasteiger partial charge in [0.15, 0.2) is 11.0 Å². The minimum atomic E-state index is -0.279. The molecule has 1 aromatic heterocycles. The third kappa shape index (κ3) is 3.64. The van der Waals surface area contributed by atoms with E-state index < -0.39 is 0 Å². The third-order valence-electron chi connectivity index (χ3n) is 3.11. The van der Waals surface area contributed by atoms with E-state index in [-0.39, 0.29) is 11.1 Å². The van der Waals surface area contributed by atoms with Gasteiger partial charge in [-0.15, -0.1) is 0 Å². The zero-order valence-corrected chi connectivity index (χ0v) is 12.8. The molecule has 0 atom stereocenters. The molecule has 0 saturated carbocycles. The van der Waals surface area contributed by atoms with Crippen LogP contribution in [0.1, 0.15) is 10.4 Å². The van der Waals surface area contributed by atoms with Crippen LogP contribution in [0.25, 0.3) is 0 Å². The Morgan fingerprint density at radius 3 is 2.26 bits per heavy atom. The van der Waals surface area contributed by atoms with E-state index in [1.807, 2.05) is 36.4 Å². The molecule has 3 aromatic rings. The molecule has 23 heavy (non-hydrogen) atoms. The summed E-state index contributed by atoms with van der Waals surface area (Å²) >= 11 is 6.12. The van der Waals surface area contributed by atoms with Gasteiger partial charge in [-0.3, -0.25) is 4.79 Å². The van der Waals surface area contributed by atoms with Crippen LogP contribution < -0.4 is 10.6 Å². The summed E-state index contributed by atoms with van der Waals surface area (Å²) < 4.78 is 0. The van der Waals surface area contributed by atoms with Gasteiger partial charge in [-0.1, -0.05) is 48.0 Å². The first-order valence-corrected chi connectivity index (χ1v) is 7.31. The first-order valence-electron chi connectivity index (χ1n) is 6.93. The highest BCUT2D eigenvalue weighted by Gasteiger charge is 2.14. The van der Waals surface area contributed by atoms with Crippen LogP contribution in [0.5, 0.6) is 0 Å². The van der Waals surface area contributed by atoms with Crippen LogP contribution in [0.15, 0.2) is 67.0 Å². The topological polar surface area (TPSA) is 66.9 Å². The van der Waals surface area contributed by atoms with E-state index in [0.29, 0.717) is 17.1 Å². The second-order valence-corrected chi connectivity index (χ2v) is 5.06. The third-order valence-corrected chi connectivity index (χ3v) is 3.40. The molecule has 0 saturated heterocycles. The van der Waals surface area contributed by atoms with Crippen molar-refractivity contribution in [2.24, 2.45) is 0 Å². The second-order valence-electron chi connectivity index (χ2n) is 4.70. The molecular formula is C17H13ClN4O. The molecule has 0 aliphatic carbocycles. The Bertz CT molecular complexity index is 809. The predicted octanol–water partition coefficient (Wildman–Crippen LogP) is 4.13. The van der Waals surface area contributed by atoms with E-state index in [9.17, 15) is 4.79 Å². The number of hydrogen-bond acceptors (Lipinski definition) is 4. The summed E-state index contributed by atoms with van der Waals surface area (Å²) in [7, 11) is 0. The van der Waals surface area contributed by atoms with Gasteiger partial charge < -0.3 is 10.6 Å². The maximum Gasteiger partial charge on any atom is 0.255 e. The maximum atomic E-state index is 12.3. The zero-order valence-electron chi connectivity index (χ0n) is 12.0. The molecule has 1 heterocycles. The van der Waals surface area contributed by atoms with Crippen LogP contribution in [0.2, 0.25) is 5.15 Å². The SMILES string of the molecule is O=C(Nc1c(Cl)ncnc1Nc1ccccc1)c1ccccc1. The Labute approximate surface area is 138 Å². The molecule has 6 heteroatoms. The molecule has 0 bridgehead atoms. The lowest BCUT2D eigenvalue weighted by Crippen LogP contribution is -2.14. The molecule has 3 rings (SSSR count). The van der Waals surface area contributed by atoms with Crippen LogP contribution >= 0.6 is 11.6 Å². The van der Waals surface area contributed by atoms with E-state index >= 15 is 0 Å². The van der Waals surface area contributed by atoms with Gasteiger partial charge in [-0.25, -0.2) is 9.97 Å². The Balaban J connectivity index is 1.88. The Morgan fingerprint density at radius 1 is 0.913 bits per heavy atom. The molecule has 114 valence electrons. The van der Waals surface area contributed by atoms with E-state index in [1.165, 1.54) is 6.33 Å². The number of amides is 1. The molecule has 2 N–H and O–H groups in total. The summed E-state index contributed by atoms with van der Waals surface area (Å²) in [4.78, 5) is 20.4. The van der Waals surface area contributed by atoms with E-state index in [2.05, 4.69) is 20.6 Å². The van der Waals surface area contributed by atoms with Crippen molar-refractivity contribution in [1.82, 2.24) is 9.97 Å². The van der Waals surface area contributed by atoms with E-state index in [4.69, 9.17) is 11.6 Å². The number of halogens is 1. The van der Waals surface area contributed by atoms with Crippen LogP contribution in [-0.4, -0.2) is 15.9 Å². The van der Waals surface area contributed by atoms with Gasteiger partial charge in [0.25, 0.3) is 5.91 Å². The number of para-hydroxylation sites is 1. The summed E-state index contributed by atoms with van der Waals surface area (Å²) in [6.45, 7) is 0. The monoisotopic (exact) mass is 324 g/mol. The van der Waals surface area contributed by atoms with Crippen LogP contribution in [0.4, 0.5) is 17.2 Å². The van der Waals surface area contributed by atoms with Gasteiger partial charge in [0.1, 0.15) is 12.0 Å². The lowest BCUT2D eigenvalue weighted by atomic mass is 10.2. The molecule has 0 fully saturated rings. The number of carbonyl (C=O) groups is 1. The van der Waals surface area contributed by atoms with Crippen molar-refractivity contribution < 1.29 is 4.79 Å². The molecular weight excluding hydrogens is 312 g/mol. The van der Waals surface area contributed by atoms with Crippen molar-refractivity contribution in [3.8, 4) is 0 Å². The van der Waals surface area contributed by atoms with Crippen LogP contribution in [-0.2, 0) is 0 Å². The fourth-order valence-electron chi connectivity index (χ4n) is 2.00. The van der Waals surface area contributed by atoms with Crippen molar-refractivity contribution in [2.45, 2.75) is 0 Å². The standard InChI is InChI=1S/C17H13ClN4O/c18-15-14(22-17(23)12-7-3-1-4-8-12)16(20-11-19-15)21-13-9-5-2-6-10-13/h1-11H,(H,22,23)(H,19,20,21). The molecule has 5 nitrogen and oxygen atoms in total. The van der Waals surface area contributed by atoms with Gasteiger partial charge in [0.05, 0.1) is 0 Å². The minimum Gasteiger partial charge on any atom is -0.338 e. The average molecular weight is 325 g/mol. The molecule has 0 aliphatic heterocycles. The Hall–Kier alpha value is -2.92. The lowest BCUT2D eigenvalue weighted by Gasteiger charge is -2.13. The largest absolute Gasteiger partial charge is 0.338 e. The van der Waals surface area contributed by atoms with Gasteiger partial charge in [0.2, 0.25) is 0 Å². The van der Waals surface area contributed by atoms with Crippen molar-refractivity contribution in [2.75, 3.05) is 10.6 Å². The molecule has 0 unspecified atom stereocenters. The van der Waals surface area contributed by atoms with Crippen molar-refractivity contribution >= 4 is 34.7 Å². The Morgan fingerprint density at radius 2 is 1.57 bits per heavy atom. The lowest BCUT2D eigenvalue weighted by molar-refractivity contribution is 0.102. The number of anilines is 3. The number of aromatic nitrogens is 2. The van der Waals surface area contributed by atoms with Gasteiger partial charge in [0, 0.05) is 11.3 Å². The summed E-state index contributed by atoms with van der Waals surface area (Å²) in [6.07, 6.45) is 1.34. The number of hydrogen-bond donors (Lipinski definition) is 2. The Kier molecular flexibility index (Phi) is 4.49. The summed E-state index contributed by atoms with van der Waals surface area (Å²) in [5.74, 6) is 0.152. The average Bonchev–Trinajstić information content (AvgIpc) is 2.59. The summed E-state index contributed by atoms with van der Waals surface area (Å²) in [5.41, 5.74) is 1.70. The molecule has 0 aliphatic rings. The number of carbonyl (C=O) groups excluding carboxylic acids is 1. The molecule has 2 aromatic carbocycles. The van der Waals surface area contributed by atoms with E-state index in [1.54, 1.807) is 24.3 Å². The van der Waals surface area contributed by atoms with Gasteiger partial charge >= 0.3 is 0 Å². The van der Waals surface area contributed by atoms with Gasteiger partial charge in [-0.05, 0) is 24.3 Å². The number of rotatable bonds is 4. The first-order chi connectivity index (χ1) is 11.2. The normalized spacial score (nSPS) is 10.1. The first kappa shape index (κ1) is 15.0. The van der Waals surface area contributed by atoms with Crippen molar-refractivity contribution in [1.29, 1.82) is 0 Å². The second kappa shape index (κ2) is 6.89. The molecule has 1 amide bonds. The fourth-order valence-corrected chi connectivity index (χ4v) is 2.18. The van der Waals surface area contributed by atoms with Gasteiger partial charge in [-0.2, -0.15) is 0 Å².